The minimum Gasteiger partial charge on any atom is -0.287 e. The molecule has 11 heavy (non-hydrogen) atoms. The van der Waals surface area contributed by atoms with Gasteiger partial charge in [-0.1, -0.05) is 6.92 Å². The minimum atomic E-state index is 0.0746. The molecule has 0 fully saturated rings. The lowest BCUT2D eigenvalue weighted by molar-refractivity contribution is 0.704. The number of rotatable bonds is 1. The van der Waals surface area contributed by atoms with Crippen LogP contribution in [0.2, 0.25) is 0 Å². The van der Waals surface area contributed by atoms with E-state index in [2.05, 4.69) is 5.10 Å². The van der Waals surface area contributed by atoms with Crippen molar-refractivity contribution in [2.24, 2.45) is 7.05 Å². The van der Waals surface area contributed by atoms with Crippen LogP contribution in [-0.2, 0) is 13.5 Å². The maximum Gasteiger partial charge on any atom is 0.206 e. The Morgan fingerprint density at radius 1 is 1.64 bits per heavy atom. The summed E-state index contributed by atoms with van der Waals surface area (Å²) in [6, 6.07) is 0. The van der Waals surface area contributed by atoms with Gasteiger partial charge >= 0.3 is 0 Å². The lowest BCUT2D eigenvalue weighted by atomic mass is 10.2. The highest BCUT2D eigenvalue weighted by Gasteiger charge is 2.00. The van der Waals surface area contributed by atoms with E-state index in [1.54, 1.807) is 17.8 Å². The summed E-state index contributed by atoms with van der Waals surface area (Å²) < 4.78 is 1.68. The molecule has 3 nitrogen and oxygen atoms in total. The molecule has 1 aromatic rings. The maximum absolute atomic E-state index is 11.3. The lowest BCUT2D eigenvalue weighted by Crippen LogP contribution is -2.17. The van der Waals surface area contributed by atoms with E-state index in [1.807, 2.05) is 14.0 Å². The van der Waals surface area contributed by atoms with Gasteiger partial charge in [0.1, 0.15) is 5.69 Å². The average Bonchev–Trinajstić information content (AvgIpc) is 1.96. The normalized spacial score (nSPS) is 10.1. The molecule has 0 aliphatic heterocycles. The summed E-state index contributed by atoms with van der Waals surface area (Å²) in [7, 11) is 1.82. The van der Waals surface area contributed by atoms with Crippen LogP contribution in [-0.4, -0.2) is 9.78 Å². The third-order valence-electron chi connectivity index (χ3n) is 1.65. The fourth-order valence-electron chi connectivity index (χ4n) is 1.08. The van der Waals surface area contributed by atoms with E-state index in [0.29, 0.717) is 5.69 Å². The zero-order valence-corrected chi connectivity index (χ0v) is 7.09. The first-order valence-corrected chi connectivity index (χ1v) is 3.68. The molecule has 1 heterocycles. The van der Waals surface area contributed by atoms with Crippen LogP contribution in [0.4, 0.5) is 0 Å². The second-order valence-electron chi connectivity index (χ2n) is 2.60. The summed E-state index contributed by atoms with van der Waals surface area (Å²) >= 11 is 0. The third kappa shape index (κ3) is 1.48. The van der Waals surface area contributed by atoms with Gasteiger partial charge in [0.2, 0.25) is 5.43 Å². The average molecular weight is 152 g/mol. The molecule has 0 aliphatic carbocycles. The summed E-state index contributed by atoms with van der Waals surface area (Å²) in [5.41, 5.74) is 1.48. The summed E-state index contributed by atoms with van der Waals surface area (Å²) in [4.78, 5) is 11.3. The molecular weight excluding hydrogens is 140 g/mol. The van der Waals surface area contributed by atoms with Crippen molar-refractivity contribution in [1.82, 2.24) is 9.78 Å². The summed E-state index contributed by atoms with van der Waals surface area (Å²) in [5.74, 6) is 0. The topological polar surface area (TPSA) is 34.9 Å². The van der Waals surface area contributed by atoms with Crippen LogP contribution in [0.15, 0.2) is 11.0 Å². The maximum atomic E-state index is 11.3. The van der Waals surface area contributed by atoms with Gasteiger partial charge in [0.25, 0.3) is 0 Å². The zero-order valence-electron chi connectivity index (χ0n) is 7.09. The summed E-state index contributed by atoms with van der Waals surface area (Å²) in [6.07, 6.45) is 2.55. The Labute approximate surface area is 65.7 Å². The van der Waals surface area contributed by atoms with Gasteiger partial charge < -0.3 is 0 Å². The van der Waals surface area contributed by atoms with E-state index in [9.17, 15) is 4.79 Å². The highest BCUT2D eigenvalue weighted by Crippen LogP contribution is 1.91. The molecule has 1 aromatic heterocycles. The minimum absolute atomic E-state index is 0.0746. The van der Waals surface area contributed by atoms with Gasteiger partial charge in [-0.05, 0) is 13.3 Å². The standard InChI is InChI=1S/C8H12N2O/c1-4-7-5-10(3)9-6(2)8(7)11/h5H,4H2,1-3H3. The van der Waals surface area contributed by atoms with Crippen LogP contribution in [0.1, 0.15) is 18.2 Å². The molecule has 0 spiro atoms. The first-order valence-electron chi connectivity index (χ1n) is 3.68. The van der Waals surface area contributed by atoms with Gasteiger partial charge in [0, 0.05) is 18.8 Å². The van der Waals surface area contributed by atoms with Crippen LogP contribution in [0, 0.1) is 6.92 Å². The molecule has 60 valence electrons. The molecule has 0 aliphatic rings. The van der Waals surface area contributed by atoms with Crippen molar-refractivity contribution in [2.45, 2.75) is 20.3 Å². The van der Waals surface area contributed by atoms with Crippen LogP contribution >= 0.6 is 0 Å². The molecule has 0 atom stereocenters. The van der Waals surface area contributed by atoms with E-state index in [4.69, 9.17) is 0 Å². The molecule has 1 rings (SSSR count). The summed E-state index contributed by atoms with van der Waals surface area (Å²) in [6.45, 7) is 3.71. The fraction of sp³-hybridized carbons (Fsp3) is 0.500. The quantitative estimate of drug-likeness (QED) is 0.592. The van der Waals surface area contributed by atoms with E-state index in [0.717, 1.165) is 12.0 Å². The molecule has 3 heteroatoms. The Balaban J connectivity index is 3.37. The molecule has 0 aromatic carbocycles. The molecule has 0 saturated heterocycles. The molecule has 0 unspecified atom stereocenters. The SMILES string of the molecule is CCc1cn(C)nc(C)c1=O. The van der Waals surface area contributed by atoms with Gasteiger partial charge in [0.15, 0.2) is 0 Å². The predicted molar refractivity (Wildman–Crippen MR) is 43.6 cm³/mol. The van der Waals surface area contributed by atoms with E-state index < -0.39 is 0 Å². The van der Waals surface area contributed by atoms with Crippen molar-refractivity contribution in [3.63, 3.8) is 0 Å². The molecule has 0 bridgehead atoms. The Kier molecular flexibility index (Phi) is 2.08. The largest absolute Gasteiger partial charge is 0.287 e. The van der Waals surface area contributed by atoms with Crippen molar-refractivity contribution in [3.05, 3.63) is 27.7 Å². The number of hydrogen-bond donors (Lipinski definition) is 0. The number of hydrogen-bond acceptors (Lipinski definition) is 2. The highest BCUT2D eigenvalue weighted by atomic mass is 16.1. The lowest BCUT2D eigenvalue weighted by Gasteiger charge is -2.01. The smallest absolute Gasteiger partial charge is 0.206 e. The van der Waals surface area contributed by atoms with E-state index in [-0.39, 0.29) is 5.43 Å². The van der Waals surface area contributed by atoms with Crippen molar-refractivity contribution in [2.75, 3.05) is 0 Å². The third-order valence-corrected chi connectivity index (χ3v) is 1.65. The molecule has 0 radical (unpaired) electrons. The van der Waals surface area contributed by atoms with Gasteiger partial charge in [-0.15, -0.1) is 0 Å². The van der Waals surface area contributed by atoms with Gasteiger partial charge in [-0.2, -0.15) is 5.10 Å². The Bertz CT molecular complexity index is 314. The van der Waals surface area contributed by atoms with E-state index >= 15 is 0 Å². The number of nitrogens with zero attached hydrogens (tertiary/aromatic N) is 2. The second kappa shape index (κ2) is 2.86. The van der Waals surface area contributed by atoms with Gasteiger partial charge in [-0.25, -0.2) is 0 Å². The Morgan fingerprint density at radius 3 is 2.82 bits per heavy atom. The van der Waals surface area contributed by atoms with Crippen LogP contribution in [0.25, 0.3) is 0 Å². The Morgan fingerprint density at radius 2 is 2.27 bits per heavy atom. The first-order chi connectivity index (χ1) is 5.15. The fourth-order valence-corrected chi connectivity index (χ4v) is 1.08. The predicted octanol–water partition coefficient (Wildman–Crippen LogP) is 0.651. The summed E-state index contributed by atoms with van der Waals surface area (Å²) in [5, 5.41) is 3.99. The van der Waals surface area contributed by atoms with Crippen LogP contribution < -0.4 is 5.43 Å². The number of aromatic nitrogens is 2. The van der Waals surface area contributed by atoms with E-state index in [1.165, 1.54) is 0 Å². The Hall–Kier alpha value is -1.12. The van der Waals surface area contributed by atoms with Crippen molar-refractivity contribution in [1.29, 1.82) is 0 Å². The van der Waals surface area contributed by atoms with Gasteiger partial charge in [0.05, 0.1) is 0 Å². The molecular formula is C8H12N2O. The first kappa shape index (κ1) is 7.98. The van der Waals surface area contributed by atoms with Crippen molar-refractivity contribution in [3.8, 4) is 0 Å². The molecule has 0 saturated carbocycles. The second-order valence-corrected chi connectivity index (χ2v) is 2.60. The zero-order chi connectivity index (χ0) is 8.43. The molecule has 0 N–H and O–H groups in total. The van der Waals surface area contributed by atoms with Crippen molar-refractivity contribution >= 4 is 0 Å². The van der Waals surface area contributed by atoms with Crippen molar-refractivity contribution < 1.29 is 0 Å². The number of aryl methyl sites for hydroxylation is 3. The monoisotopic (exact) mass is 152 g/mol. The van der Waals surface area contributed by atoms with Crippen LogP contribution in [0.3, 0.4) is 0 Å². The van der Waals surface area contributed by atoms with Gasteiger partial charge in [-0.3, -0.25) is 9.48 Å². The highest BCUT2D eigenvalue weighted by molar-refractivity contribution is 5.12. The molecule has 0 amide bonds. The van der Waals surface area contributed by atoms with Crippen LogP contribution in [0.5, 0.6) is 0 Å².